The molecular formula is C30H27NO3S. The third kappa shape index (κ3) is 5.58. The SMILES string of the molecule is C=C(c1ccc(O)cc1)c1ccccc1Sc1ccc(C(=O)N(C)Cc2ccccc2O)cc1C. The molecule has 35 heavy (non-hydrogen) atoms. The van der Waals surface area contributed by atoms with Crippen molar-refractivity contribution in [2.75, 3.05) is 7.05 Å². The molecule has 0 unspecified atom stereocenters. The monoisotopic (exact) mass is 481 g/mol. The lowest BCUT2D eigenvalue weighted by molar-refractivity contribution is 0.0784. The number of rotatable bonds is 7. The van der Waals surface area contributed by atoms with Gasteiger partial charge >= 0.3 is 0 Å². The summed E-state index contributed by atoms with van der Waals surface area (Å²) in [5.74, 6) is 0.303. The van der Waals surface area contributed by atoms with E-state index in [1.807, 2.05) is 67.6 Å². The first-order valence-corrected chi connectivity index (χ1v) is 12.0. The molecule has 0 spiro atoms. The van der Waals surface area contributed by atoms with E-state index in [2.05, 4.69) is 12.6 Å². The van der Waals surface area contributed by atoms with Crippen LogP contribution in [0, 0.1) is 6.92 Å². The van der Waals surface area contributed by atoms with Crippen molar-refractivity contribution in [1.29, 1.82) is 0 Å². The lowest BCUT2D eigenvalue weighted by atomic mass is 9.99. The quantitative estimate of drug-likeness (QED) is 0.302. The lowest BCUT2D eigenvalue weighted by Crippen LogP contribution is -2.26. The Bertz CT molecular complexity index is 1380. The number of para-hydroxylation sites is 1. The number of phenolic OH excluding ortho intramolecular Hbond substituents is 2. The maximum Gasteiger partial charge on any atom is 0.253 e. The van der Waals surface area contributed by atoms with Crippen LogP contribution in [-0.2, 0) is 6.54 Å². The molecule has 4 rings (SSSR count). The zero-order valence-corrected chi connectivity index (χ0v) is 20.5. The minimum Gasteiger partial charge on any atom is -0.508 e. The first kappa shape index (κ1) is 24.2. The standard InChI is InChI=1S/C30H27NO3S/c1-20-18-23(30(34)31(3)19-24-8-4-6-10-27(24)33)14-17-28(20)35-29-11-7-5-9-26(29)21(2)22-12-15-25(32)16-13-22/h4-18,32-33H,2,19H2,1,3H3. The Hall–Kier alpha value is -3.96. The second-order valence-electron chi connectivity index (χ2n) is 8.39. The summed E-state index contributed by atoms with van der Waals surface area (Å²) in [6, 6.07) is 27.9. The molecule has 4 aromatic carbocycles. The highest BCUT2D eigenvalue weighted by atomic mass is 32.2. The molecule has 0 aliphatic rings. The number of hydrogen-bond acceptors (Lipinski definition) is 4. The maximum atomic E-state index is 13.0. The normalized spacial score (nSPS) is 10.7. The number of carbonyl (C=O) groups is 1. The molecule has 0 bridgehead atoms. The predicted molar refractivity (Wildman–Crippen MR) is 142 cm³/mol. The molecule has 0 saturated heterocycles. The van der Waals surface area contributed by atoms with Crippen LogP contribution in [0.15, 0.2) is 107 Å². The summed E-state index contributed by atoms with van der Waals surface area (Å²) in [6.07, 6.45) is 0. The minimum atomic E-state index is -0.103. The lowest BCUT2D eigenvalue weighted by Gasteiger charge is -2.19. The van der Waals surface area contributed by atoms with Crippen LogP contribution in [0.2, 0.25) is 0 Å². The average molecular weight is 482 g/mol. The Labute approximate surface area is 210 Å². The second kappa shape index (κ2) is 10.5. The van der Waals surface area contributed by atoms with Gasteiger partial charge in [0.2, 0.25) is 0 Å². The van der Waals surface area contributed by atoms with Crippen molar-refractivity contribution in [3.05, 3.63) is 125 Å². The number of benzene rings is 4. The van der Waals surface area contributed by atoms with Crippen LogP contribution >= 0.6 is 11.8 Å². The van der Waals surface area contributed by atoms with E-state index in [9.17, 15) is 15.0 Å². The molecular weight excluding hydrogens is 454 g/mol. The second-order valence-corrected chi connectivity index (χ2v) is 9.48. The van der Waals surface area contributed by atoms with E-state index in [4.69, 9.17) is 0 Å². The van der Waals surface area contributed by atoms with Crippen LogP contribution in [0.25, 0.3) is 5.57 Å². The van der Waals surface area contributed by atoms with Crippen molar-refractivity contribution < 1.29 is 15.0 Å². The Morgan fingerprint density at radius 2 is 1.51 bits per heavy atom. The van der Waals surface area contributed by atoms with E-state index in [-0.39, 0.29) is 17.4 Å². The fourth-order valence-electron chi connectivity index (χ4n) is 3.83. The van der Waals surface area contributed by atoms with Gasteiger partial charge in [-0.25, -0.2) is 0 Å². The number of aromatic hydroxyl groups is 2. The molecule has 4 nitrogen and oxygen atoms in total. The number of phenols is 2. The highest BCUT2D eigenvalue weighted by Crippen LogP contribution is 2.37. The topological polar surface area (TPSA) is 60.8 Å². The van der Waals surface area contributed by atoms with E-state index in [0.29, 0.717) is 17.7 Å². The fraction of sp³-hybridized carbons (Fsp3) is 0.100. The van der Waals surface area contributed by atoms with Crippen molar-refractivity contribution in [1.82, 2.24) is 4.90 Å². The summed E-state index contributed by atoms with van der Waals surface area (Å²) >= 11 is 1.63. The van der Waals surface area contributed by atoms with Gasteiger partial charge in [-0.3, -0.25) is 4.79 Å². The number of amides is 1. The molecule has 0 radical (unpaired) electrons. The van der Waals surface area contributed by atoms with Gasteiger partial charge in [0.25, 0.3) is 5.91 Å². The molecule has 0 fully saturated rings. The van der Waals surface area contributed by atoms with Gasteiger partial charge in [-0.15, -0.1) is 0 Å². The maximum absolute atomic E-state index is 13.0. The van der Waals surface area contributed by atoms with Crippen LogP contribution < -0.4 is 0 Å². The third-order valence-corrected chi connectivity index (χ3v) is 7.07. The van der Waals surface area contributed by atoms with Crippen molar-refractivity contribution >= 4 is 23.2 Å². The summed E-state index contributed by atoms with van der Waals surface area (Å²) in [4.78, 5) is 16.7. The van der Waals surface area contributed by atoms with Gasteiger partial charge in [0.05, 0.1) is 0 Å². The fourth-order valence-corrected chi connectivity index (χ4v) is 4.87. The molecule has 0 aliphatic heterocycles. The van der Waals surface area contributed by atoms with E-state index in [1.165, 1.54) is 0 Å². The van der Waals surface area contributed by atoms with Crippen molar-refractivity contribution in [3.8, 4) is 11.5 Å². The van der Waals surface area contributed by atoms with Crippen LogP contribution in [0.1, 0.15) is 32.6 Å². The predicted octanol–water partition coefficient (Wildman–Crippen LogP) is 6.89. The summed E-state index contributed by atoms with van der Waals surface area (Å²) < 4.78 is 0. The van der Waals surface area contributed by atoms with E-state index in [1.54, 1.807) is 48.0 Å². The molecule has 176 valence electrons. The zero-order chi connectivity index (χ0) is 24.9. The molecule has 1 amide bonds. The van der Waals surface area contributed by atoms with Crippen LogP contribution in [-0.4, -0.2) is 28.1 Å². The van der Waals surface area contributed by atoms with E-state index >= 15 is 0 Å². The largest absolute Gasteiger partial charge is 0.508 e. The number of hydrogen-bond donors (Lipinski definition) is 2. The summed E-state index contributed by atoms with van der Waals surface area (Å²) in [5.41, 5.74) is 5.15. The summed E-state index contributed by atoms with van der Waals surface area (Å²) in [5, 5.41) is 19.6. The highest BCUT2D eigenvalue weighted by molar-refractivity contribution is 7.99. The van der Waals surface area contributed by atoms with Gasteiger partial charge in [0.15, 0.2) is 0 Å². The van der Waals surface area contributed by atoms with Gasteiger partial charge in [-0.1, -0.05) is 66.9 Å². The highest BCUT2D eigenvalue weighted by Gasteiger charge is 2.16. The third-order valence-electron chi connectivity index (χ3n) is 5.82. The molecule has 4 aromatic rings. The van der Waals surface area contributed by atoms with Gasteiger partial charge in [-0.05, 0) is 71.7 Å². The van der Waals surface area contributed by atoms with Crippen LogP contribution in [0.4, 0.5) is 0 Å². The van der Waals surface area contributed by atoms with Crippen molar-refractivity contribution in [2.24, 2.45) is 0 Å². The first-order valence-electron chi connectivity index (χ1n) is 11.2. The first-order chi connectivity index (χ1) is 16.8. The van der Waals surface area contributed by atoms with Gasteiger partial charge in [-0.2, -0.15) is 0 Å². The Kier molecular flexibility index (Phi) is 7.28. The molecule has 0 aromatic heterocycles. The molecule has 0 saturated carbocycles. The average Bonchev–Trinajstić information content (AvgIpc) is 2.86. The number of aryl methyl sites for hydroxylation is 1. The number of nitrogens with zero attached hydrogens (tertiary/aromatic N) is 1. The van der Waals surface area contributed by atoms with Gasteiger partial charge < -0.3 is 15.1 Å². The van der Waals surface area contributed by atoms with E-state index < -0.39 is 0 Å². The molecule has 5 heteroatoms. The molecule has 0 aliphatic carbocycles. The summed E-state index contributed by atoms with van der Waals surface area (Å²) in [6.45, 7) is 6.61. The number of carbonyl (C=O) groups excluding carboxylic acids is 1. The van der Waals surface area contributed by atoms with Crippen LogP contribution in [0.3, 0.4) is 0 Å². The molecule has 0 heterocycles. The Morgan fingerprint density at radius 3 is 2.23 bits per heavy atom. The minimum absolute atomic E-state index is 0.103. The van der Waals surface area contributed by atoms with Crippen LogP contribution in [0.5, 0.6) is 11.5 Å². The van der Waals surface area contributed by atoms with Gasteiger partial charge in [0.1, 0.15) is 11.5 Å². The summed E-state index contributed by atoms with van der Waals surface area (Å²) in [7, 11) is 1.73. The van der Waals surface area contributed by atoms with Gasteiger partial charge in [0, 0.05) is 34.5 Å². The molecule has 2 N–H and O–H groups in total. The van der Waals surface area contributed by atoms with E-state index in [0.717, 1.165) is 32.1 Å². The molecule has 0 atom stereocenters. The van der Waals surface area contributed by atoms with Crippen molar-refractivity contribution in [3.63, 3.8) is 0 Å². The Balaban J connectivity index is 1.53. The Morgan fingerprint density at radius 1 is 0.857 bits per heavy atom. The van der Waals surface area contributed by atoms with Crippen molar-refractivity contribution in [2.45, 2.75) is 23.3 Å². The smallest absolute Gasteiger partial charge is 0.253 e. The zero-order valence-electron chi connectivity index (χ0n) is 19.7.